The van der Waals surface area contributed by atoms with Gasteiger partial charge in [0.15, 0.2) is 0 Å². The molecule has 0 spiro atoms. The minimum Gasteiger partial charge on any atom is -0.494 e. The quantitative estimate of drug-likeness (QED) is 0.882. The maximum Gasteiger partial charge on any atom is 0.245 e. The third-order valence-electron chi connectivity index (χ3n) is 3.32. The average molecular weight is 276 g/mol. The first-order valence-corrected chi connectivity index (χ1v) is 6.86. The molecule has 2 rings (SSSR count). The van der Waals surface area contributed by atoms with Gasteiger partial charge in [0.05, 0.1) is 6.61 Å². The first-order valence-electron chi connectivity index (χ1n) is 6.86. The molecule has 5 heteroatoms. The van der Waals surface area contributed by atoms with Crippen molar-refractivity contribution in [3.63, 3.8) is 0 Å². The van der Waals surface area contributed by atoms with Crippen LogP contribution in [-0.4, -0.2) is 36.4 Å². The summed E-state index contributed by atoms with van der Waals surface area (Å²) < 4.78 is 5.38. The van der Waals surface area contributed by atoms with Gasteiger partial charge in [-0.25, -0.2) is 0 Å². The van der Waals surface area contributed by atoms with Crippen LogP contribution in [0, 0.1) is 0 Å². The van der Waals surface area contributed by atoms with Gasteiger partial charge in [0, 0.05) is 20.0 Å². The Kier molecular flexibility index (Phi) is 4.61. The number of nitrogens with zero attached hydrogens (tertiary/aromatic N) is 1. The van der Waals surface area contributed by atoms with Crippen LogP contribution in [0.25, 0.3) is 0 Å². The molecular weight excluding hydrogens is 256 g/mol. The average Bonchev–Trinajstić information content (AvgIpc) is 2.87. The normalized spacial score (nSPS) is 17.7. The molecule has 5 nitrogen and oxygen atoms in total. The SMILES string of the molecule is CCOc1ccc(CN(C)C(=O)C2CCC(=O)N2)cc1. The highest BCUT2D eigenvalue weighted by atomic mass is 16.5. The fourth-order valence-electron chi connectivity index (χ4n) is 2.27. The molecule has 1 aliphatic heterocycles. The van der Waals surface area contributed by atoms with E-state index in [1.165, 1.54) is 0 Å². The van der Waals surface area contributed by atoms with Crippen molar-refractivity contribution >= 4 is 11.8 Å². The smallest absolute Gasteiger partial charge is 0.245 e. The highest BCUT2D eigenvalue weighted by molar-refractivity contribution is 5.90. The molecule has 1 saturated heterocycles. The van der Waals surface area contributed by atoms with E-state index in [0.29, 0.717) is 26.0 Å². The number of hydrogen-bond acceptors (Lipinski definition) is 3. The van der Waals surface area contributed by atoms with Gasteiger partial charge in [0.2, 0.25) is 11.8 Å². The molecule has 1 heterocycles. The van der Waals surface area contributed by atoms with Crippen LogP contribution in [-0.2, 0) is 16.1 Å². The van der Waals surface area contributed by atoms with Crippen molar-refractivity contribution < 1.29 is 14.3 Å². The molecule has 0 aromatic heterocycles. The van der Waals surface area contributed by atoms with Crippen molar-refractivity contribution in [1.29, 1.82) is 0 Å². The fraction of sp³-hybridized carbons (Fsp3) is 0.467. The van der Waals surface area contributed by atoms with Gasteiger partial charge in [0.1, 0.15) is 11.8 Å². The summed E-state index contributed by atoms with van der Waals surface area (Å²) in [5.41, 5.74) is 1.04. The molecule has 1 atom stereocenters. The predicted octanol–water partition coefficient (Wildman–Crippen LogP) is 1.32. The Hall–Kier alpha value is -2.04. The summed E-state index contributed by atoms with van der Waals surface area (Å²) in [5.74, 6) is 0.746. The zero-order valence-electron chi connectivity index (χ0n) is 11.9. The minimum absolute atomic E-state index is 0.0373. The van der Waals surface area contributed by atoms with E-state index >= 15 is 0 Å². The number of amides is 2. The molecule has 0 saturated carbocycles. The van der Waals surface area contributed by atoms with Crippen LogP contribution in [0.15, 0.2) is 24.3 Å². The standard InChI is InChI=1S/C15H20N2O3/c1-3-20-12-6-4-11(5-7-12)10-17(2)15(19)13-8-9-14(18)16-13/h4-7,13H,3,8-10H2,1-2H3,(H,16,18). The Morgan fingerprint density at radius 1 is 1.40 bits per heavy atom. The van der Waals surface area contributed by atoms with Crippen molar-refractivity contribution in [1.82, 2.24) is 10.2 Å². The molecule has 0 bridgehead atoms. The second kappa shape index (κ2) is 6.41. The van der Waals surface area contributed by atoms with Crippen molar-refractivity contribution in [3.05, 3.63) is 29.8 Å². The number of rotatable bonds is 5. The van der Waals surface area contributed by atoms with Crippen molar-refractivity contribution in [3.8, 4) is 5.75 Å². The Labute approximate surface area is 118 Å². The molecule has 1 aromatic carbocycles. The van der Waals surface area contributed by atoms with E-state index < -0.39 is 0 Å². The highest BCUT2D eigenvalue weighted by Crippen LogP contribution is 2.15. The van der Waals surface area contributed by atoms with Crippen molar-refractivity contribution in [2.45, 2.75) is 32.4 Å². The summed E-state index contributed by atoms with van der Waals surface area (Å²) in [6, 6.07) is 7.32. The van der Waals surface area contributed by atoms with Gasteiger partial charge in [-0.1, -0.05) is 12.1 Å². The van der Waals surface area contributed by atoms with Crippen LogP contribution in [0.2, 0.25) is 0 Å². The summed E-state index contributed by atoms with van der Waals surface area (Å²) in [7, 11) is 1.75. The van der Waals surface area contributed by atoms with E-state index in [2.05, 4.69) is 5.32 Å². The number of carbonyl (C=O) groups excluding carboxylic acids is 2. The van der Waals surface area contributed by atoms with E-state index in [1.54, 1.807) is 11.9 Å². The molecular formula is C15H20N2O3. The number of likely N-dealkylation sites (N-methyl/N-ethyl adjacent to an activating group) is 1. The molecule has 1 aliphatic rings. The van der Waals surface area contributed by atoms with Gasteiger partial charge >= 0.3 is 0 Å². The van der Waals surface area contributed by atoms with Gasteiger partial charge in [0.25, 0.3) is 0 Å². The maximum absolute atomic E-state index is 12.2. The molecule has 2 amide bonds. The van der Waals surface area contributed by atoms with Gasteiger partial charge in [-0.2, -0.15) is 0 Å². The summed E-state index contributed by atoms with van der Waals surface area (Å²) in [6.45, 7) is 3.10. The number of carbonyl (C=O) groups is 2. The summed E-state index contributed by atoms with van der Waals surface area (Å²) >= 11 is 0. The second-order valence-corrected chi connectivity index (χ2v) is 4.93. The largest absolute Gasteiger partial charge is 0.494 e. The third-order valence-corrected chi connectivity index (χ3v) is 3.32. The van der Waals surface area contributed by atoms with E-state index in [-0.39, 0.29) is 17.9 Å². The number of nitrogens with one attached hydrogen (secondary N) is 1. The Balaban J connectivity index is 1.91. The van der Waals surface area contributed by atoms with Crippen LogP contribution in [0.1, 0.15) is 25.3 Å². The van der Waals surface area contributed by atoms with Crippen LogP contribution in [0.4, 0.5) is 0 Å². The first-order chi connectivity index (χ1) is 9.60. The third kappa shape index (κ3) is 3.50. The van der Waals surface area contributed by atoms with Crippen LogP contribution in [0.5, 0.6) is 5.75 Å². The summed E-state index contributed by atoms with van der Waals surface area (Å²) in [5, 5.41) is 2.70. The molecule has 0 aliphatic carbocycles. The monoisotopic (exact) mass is 276 g/mol. The van der Waals surface area contributed by atoms with E-state index in [9.17, 15) is 9.59 Å². The first kappa shape index (κ1) is 14.4. The molecule has 20 heavy (non-hydrogen) atoms. The van der Waals surface area contributed by atoms with Crippen molar-refractivity contribution in [2.75, 3.05) is 13.7 Å². The van der Waals surface area contributed by atoms with Gasteiger partial charge in [-0.3, -0.25) is 9.59 Å². The number of ether oxygens (including phenoxy) is 1. The van der Waals surface area contributed by atoms with Crippen LogP contribution in [0.3, 0.4) is 0 Å². The predicted molar refractivity (Wildman–Crippen MR) is 75.2 cm³/mol. The number of hydrogen-bond donors (Lipinski definition) is 1. The lowest BCUT2D eigenvalue weighted by molar-refractivity contribution is -0.133. The topological polar surface area (TPSA) is 58.6 Å². The zero-order chi connectivity index (χ0) is 14.5. The lowest BCUT2D eigenvalue weighted by atomic mass is 10.1. The Morgan fingerprint density at radius 3 is 2.65 bits per heavy atom. The minimum atomic E-state index is -0.366. The van der Waals surface area contributed by atoms with E-state index in [4.69, 9.17) is 4.74 Å². The van der Waals surface area contributed by atoms with Crippen LogP contribution >= 0.6 is 0 Å². The summed E-state index contributed by atoms with van der Waals surface area (Å²) in [6.07, 6.45) is 1.03. The lowest BCUT2D eigenvalue weighted by Gasteiger charge is -2.21. The molecule has 1 fully saturated rings. The molecule has 0 radical (unpaired) electrons. The maximum atomic E-state index is 12.2. The van der Waals surface area contributed by atoms with Crippen LogP contribution < -0.4 is 10.1 Å². The van der Waals surface area contributed by atoms with E-state index in [1.807, 2.05) is 31.2 Å². The zero-order valence-corrected chi connectivity index (χ0v) is 11.9. The Morgan fingerprint density at radius 2 is 2.10 bits per heavy atom. The van der Waals surface area contributed by atoms with Gasteiger partial charge in [-0.05, 0) is 31.0 Å². The van der Waals surface area contributed by atoms with E-state index in [0.717, 1.165) is 11.3 Å². The van der Waals surface area contributed by atoms with Gasteiger partial charge in [-0.15, -0.1) is 0 Å². The lowest BCUT2D eigenvalue weighted by Crippen LogP contribution is -2.42. The molecule has 1 unspecified atom stereocenters. The molecule has 1 N–H and O–H groups in total. The van der Waals surface area contributed by atoms with Gasteiger partial charge < -0.3 is 15.0 Å². The summed E-state index contributed by atoms with van der Waals surface area (Å²) in [4.78, 5) is 24.9. The molecule has 1 aromatic rings. The second-order valence-electron chi connectivity index (χ2n) is 4.93. The fourth-order valence-corrected chi connectivity index (χ4v) is 2.27. The Bertz CT molecular complexity index is 484. The molecule has 108 valence electrons. The highest BCUT2D eigenvalue weighted by Gasteiger charge is 2.29. The van der Waals surface area contributed by atoms with Crippen molar-refractivity contribution in [2.24, 2.45) is 0 Å². The number of benzene rings is 1.